The monoisotopic (exact) mass is 306 g/mol. The van der Waals surface area contributed by atoms with E-state index in [0.29, 0.717) is 13.2 Å². The van der Waals surface area contributed by atoms with E-state index in [2.05, 4.69) is 26.0 Å². The van der Waals surface area contributed by atoms with Gasteiger partial charge in [0.05, 0.1) is 25.9 Å². The lowest BCUT2D eigenvalue weighted by Gasteiger charge is -2.29. The Morgan fingerprint density at radius 1 is 0.955 bits per heavy atom. The molecular formula is C19H30O3. The fourth-order valence-corrected chi connectivity index (χ4v) is 2.65. The lowest BCUT2D eigenvalue weighted by Crippen LogP contribution is -2.31. The van der Waals surface area contributed by atoms with Gasteiger partial charge in [0.15, 0.2) is 0 Å². The largest absolute Gasteiger partial charge is 0.494 e. The molecule has 0 aromatic heterocycles. The van der Waals surface area contributed by atoms with Crippen LogP contribution in [0.4, 0.5) is 0 Å². The van der Waals surface area contributed by atoms with E-state index in [-0.39, 0.29) is 12.2 Å². The highest BCUT2D eigenvalue weighted by atomic mass is 16.6. The Kier molecular flexibility index (Phi) is 7.75. The van der Waals surface area contributed by atoms with Crippen LogP contribution in [0.25, 0.3) is 0 Å². The molecule has 1 aliphatic rings. The van der Waals surface area contributed by atoms with Crippen LogP contribution in [0.5, 0.6) is 5.75 Å². The van der Waals surface area contributed by atoms with Crippen molar-refractivity contribution < 1.29 is 14.2 Å². The van der Waals surface area contributed by atoms with Gasteiger partial charge in [-0.3, -0.25) is 0 Å². The molecule has 0 unspecified atom stereocenters. The van der Waals surface area contributed by atoms with E-state index in [1.54, 1.807) is 0 Å². The van der Waals surface area contributed by atoms with Crippen molar-refractivity contribution in [3.63, 3.8) is 0 Å². The first kappa shape index (κ1) is 17.3. The second-order valence-corrected chi connectivity index (χ2v) is 6.04. The van der Waals surface area contributed by atoms with Crippen molar-refractivity contribution in [1.29, 1.82) is 0 Å². The minimum Gasteiger partial charge on any atom is -0.494 e. The Hall–Kier alpha value is -1.06. The summed E-state index contributed by atoms with van der Waals surface area (Å²) in [5.74, 6) is 0.942. The van der Waals surface area contributed by atoms with Gasteiger partial charge >= 0.3 is 0 Å². The molecule has 22 heavy (non-hydrogen) atoms. The molecule has 3 nitrogen and oxygen atoms in total. The van der Waals surface area contributed by atoms with Crippen molar-refractivity contribution >= 4 is 0 Å². The van der Waals surface area contributed by atoms with Gasteiger partial charge in [-0.1, -0.05) is 51.7 Å². The Morgan fingerprint density at radius 3 is 2.36 bits per heavy atom. The third-order valence-electron chi connectivity index (χ3n) is 4.11. The maximum atomic E-state index is 5.96. The molecule has 2 rings (SSSR count). The number of rotatable bonds is 9. The van der Waals surface area contributed by atoms with E-state index >= 15 is 0 Å². The predicted molar refractivity (Wildman–Crippen MR) is 89.4 cm³/mol. The first-order valence-corrected chi connectivity index (χ1v) is 8.79. The molecule has 3 heteroatoms. The molecular weight excluding hydrogens is 276 g/mol. The summed E-state index contributed by atoms with van der Waals surface area (Å²) in [7, 11) is 0. The summed E-state index contributed by atoms with van der Waals surface area (Å²) in [5.41, 5.74) is 1.18. The van der Waals surface area contributed by atoms with Gasteiger partial charge in [-0.15, -0.1) is 0 Å². The van der Waals surface area contributed by atoms with Crippen molar-refractivity contribution in [3.05, 3.63) is 29.8 Å². The van der Waals surface area contributed by atoms with Gasteiger partial charge in [0.2, 0.25) is 0 Å². The van der Waals surface area contributed by atoms with E-state index in [1.165, 1.54) is 31.2 Å². The molecule has 0 amide bonds. The summed E-state index contributed by atoms with van der Waals surface area (Å²) in [6.07, 6.45) is 7.44. The van der Waals surface area contributed by atoms with Crippen molar-refractivity contribution in [2.75, 3.05) is 19.8 Å². The number of hydrogen-bond acceptors (Lipinski definition) is 3. The van der Waals surface area contributed by atoms with Gasteiger partial charge in [-0.05, 0) is 30.5 Å². The van der Waals surface area contributed by atoms with Gasteiger partial charge in [0, 0.05) is 0 Å². The minimum absolute atomic E-state index is 0.0621. The van der Waals surface area contributed by atoms with Crippen LogP contribution in [0.3, 0.4) is 0 Å². The highest BCUT2D eigenvalue weighted by Gasteiger charge is 2.23. The molecule has 2 atom stereocenters. The van der Waals surface area contributed by atoms with Crippen LogP contribution in [-0.4, -0.2) is 25.9 Å². The van der Waals surface area contributed by atoms with Crippen LogP contribution in [0, 0.1) is 0 Å². The molecule has 1 saturated heterocycles. The van der Waals surface area contributed by atoms with Crippen LogP contribution < -0.4 is 4.74 Å². The maximum Gasteiger partial charge on any atom is 0.119 e. The van der Waals surface area contributed by atoms with E-state index in [0.717, 1.165) is 25.2 Å². The molecule has 1 heterocycles. The summed E-state index contributed by atoms with van der Waals surface area (Å²) in [6.45, 7) is 6.58. The van der Waals surface area contributed by atoms with Crippen LogP contribution >= 0.6 is 0 Å². The second-order valence-electron chi connectivity index (χ2n) is 6.04. The molecule has 0 saturated carbocycles. The zero-order valence-electron chi connectivity index (χ0n) is 14.1. The second kappa shape index (κ2) is 9.86. The van der Waals surface area contributed by atoms with Crippen LogP contribution in [0.1, 0.15) is 64.0 Å². The summed E-state index contributed by atoms with van der Waals surface area (Å²) in [5, 5.41) is 0. The number of hydrogen-bond donors (Lipinski definition) is 0. The van der Waals surface area contributed by atoms with Crippen molar-refractivity contribution in [2.24, 2.45) is 0 Å². The van der Waals surface area contributed by atoms with Crippen LogP contribution in [0.2, 0.25) is 0 Å². The topological polar surface area (TPSA) is 27.7 Å². The first-order valence-electron chi connectivity index (χ1n) is 8.79. The van der Waals surface area contributed by atoms with E-state index in [9.17, 15) is 0 Å². The average molecular weight is 306 g/mol. The average Bonchev–Trinajstić information content (AvgIpc) is 2.58. The molecule has 1 fully saturated rings. The zero-order valence-corrected chi connectivity index (χ0v) is 14.1. The lowest BCUT2D eigenvalue weighted by atomic mass is 10.1. The van der Waals surface area contributed by atoms with E-state index in [1.807, 2.05) is 12.1 Å². The van der Waals surface area contributed by atoms with E-state index in [4.69, 9.17) is 14.2 Å². The van der Waals surface area contributed by atoms with Crippen LogP contribution in [-0.2, 0) is 9.47 Å². The Labute approximate surface area is 135 Å². The normalized spacial score (nSPS) is 21.7. The Balaban J connectivity index is 1.74. The zero-order chi connectivity index (χ0) is 15.6. The Morgan fingerprint density at radius 2 is 1.73 bits per heavy atom. The first-order chi connectivity index (χ1) is 10.8. The number of unbranched alkanes of at least 4 members (excludes halogenated alkanes) is 3. The maximum absolute atomic E-state index is 5.96. The highest BCUT2D eigenvalue weighted by Crippen LogP contribution is 2.26. The summed E-state index contributed by atoms with van der Waals surface area (Å²) in [4.78, 5) is 0. The van der Waals surface area contributed by atoms with Gasteiger partial charge in [-0.2, -0.15) is 0 Å². The summed E-state index contributed by atoms with van der Waals surface area (Å²) in [6, 6.07) is 8.26. The van der Waals surface area contributed by atoms with Crippen molar-refractivity contribution in [3.8, 4) is 5.75 Å². The minimum atomic E-state index is 0.0621. The van der Waals surface area contributed by atoms with E-state index < -0.39 is 0 Å². The number of ether oxygens (including phenoxy) is 3. The molecule has 0 spiro atoms. The summed E-state index contributed by atoms with van der Waals surface area (Å²) >= 11 is 0. The van der Waals surface area contributed by atoms with Gasteiger partial charge in [0.25, 0.3) is 0 Å². The highest BCUT2D eigenvalue weighted by molar-refractivity contribution is 5.28. The van der Waals surface area contributed by atoms with Gasteiger partial charge in [-0.25, -0.2) is 0 Å². The van der Waals surface area contributed by atoms with Crippen molar-refractivity contribution in [2.45, 2.75) is 64.6 Å². The standard InChI is InChI=1S/C19H30O3/c1-3-5-7-13-20-17-11-9-16(10-12-17)19-15-21-18(14-22-19)8-6-4-2/h9-12,18-19H,3-8,13-15H2,1-2H3/t18-,19-/m1/s1. The molecule has 1 aromatic rings. The molecule has 0 radical (unpaired) electrons. The van der Waals surface area contributed by atoms with Gasteiger partial charge in [0.1, 0.15) is 11.9 Å². The summed E-state index contributed by atoms with van der Waals surface area (Å²) < 4.78 is 17.6. The molecule has 1 aliphatic heterocycles. The molecule has 1 aromatic carbocycles. The molecule has 124 valence electrons. The lowest BCUT2D eigenvalue weighted by molar-refractivity contribution is -0.137. The smallest absolute Gasteiger partial charge is 0.119 e. The fourth-order valence-electron chi connectivity index (χ4n) is 2.65. The molecule has 0 N–H and O–H groups in total. The van der Waals surface area contributed by atoms with Crippen LogP contribution in [0.15, 0.2) is 24.3 Å². The third kappa shape index (κ3) is 5.62. The van der Waals surface area contributed by atoms with Crippen molar-refractivity contribution in [1.82, 2.24) is 0 Å². The third-order valence-corrected chi connectivity index (χ3v) is 4.11. The van der Waals surface area contributed by atoms with Gasteiger partial charge < -0.3 is 14.2 Å². The fraction of sp³-hybridized carbons (Fsp3) is 0.684. The number of benzene rings is 1. The quantitative estimate of drug-likeness (QED) is 0.607. The molecule has 0 bridgehead atoms. The Bertz CT molecular complexity index is 394. The predicted octanol–water partition coefficient (Wildman–Crippen LogP) is 4.90. The SMILES string of the molecule is CCCCCOc1ccc([C@H]2CO[C@H](CCCC)CO2)cc1. The molecule has 0 aliphatic carbocycles.